The molecule has 1 spiro atoms. The minimum Gasteiger partial charge on any atom is -0.465 e. The number of fused-ring (bicyclic) bond motifs is 2. The molecule has 1 saturated carbocycles. The van der Waals surface area contributed by atoms with Gasteiger partial charge in [0.05, 0.1) is 25.9 Å². The summed E-state index contributed by atoms with van der Waals surface area (Å²) in [4.78, 5) is 51.8. The molecule has 16 heteroatoms. The van der Waals surface area contributed by atoms with Gasteiger partial charge in [0.1, 0.15) is 12.1 Å². The fourth-order valence-electron chi connectivity index (χ4n) is 8.39. The highest BCUT2D eigenvalue weighted by molar-refractivity contribution is 7.57. The van der Waals surface area contributed by atoms with Crippen LogP contribution >= 0.6 is 7.60 Å². The monoisotopic (exact) mass is 779 g/mol. The van der Waals surface area contributed by atoms with Crippen molar-refractivity contribution in [3.63, 3.8) is 0 Å². The molecule has 0 aromatic heterocycles. The molecule has 1 aromatic carbocycles. The normalized spacial score (nSPS) is 32.3. The molecule has 4 heterocycles. The van der Waals surface area contributed by atoms with Crippen LogP contribution in [0.2, 0.25) is 0 Å². The van der Waals surface area contributed by atoms with Crippen LogP contribution in [0, 0.1) is 29.6 Å². The average molecular weight is 780 g/mol. The predicted octanol–water partition coefficient (Wildman–Crippen LogP) is 6.02. The molecule has 3 amide bonds. The van der Waals surface area contributed by atoms with Crippen LogP contribution < -0.4 is 16.0 Å². The highest BCUT2D eigenvalue weighted by Gasteiger charge is 2.69. The maximum absolute atomic E-state index is 13.9. The second-order valence-electron chi connectivity index (χ2n) is 15.4. The van der Waals surface area contributed by atoms with Crippen LogP contribution in [0.25, 0.3) is 0 Å². The number of carboxylic acid groups (broad SMARTS) is 1. The maximum Gasteiger partial charge on any atom is 0.405 e. The Morgan fingerprint density at radius 3 is 2.30 bits per heavy atom. The number of rotatable bonds is 17. The standard InChI is InChI=1S/C38H58N3O12P/c1-8-48-54(46,49-9-2)20-18-29(26-13-11-10-12-14-26)39-32(42)30(21-23(3)4)40-33(43)31(41-36(44)45)22-47-34-25(6)28-16-15-24(5)27-17-19-37(7)51-35(50-34)38(27,28)53-52-37/h10-14,18,20,23-25,27-31,34-35,41H,8-9,15-17,19,21-22H2,1-7H3,(H,39,42)(H,40,43)(H,44,45)/b20-18+/t24-,25-,27+,28+,29+,30+,31+,34+,35-,37-,38-/m1/s1. The molecule has 2 bridgehead atoms. The molecule has 0 radical (unpaired) electrons. The third kappa shape index (κ3) is 9.55. The van der Waals surface area contributed by atoms with E-state index in [1.54, 1.807) is 44.2 Å². The van der Waals surface area contributed by atoms with E-state index in [4.69, 9.17) is 33.0 Å². The lowest BCUT2D eigenvalue weighted by atomic mass is 9.58. The van der Waals surface area contributed by atoms with Gasteiger partial charge in [-0.1, -0.05) is 58.0 Å². The van der Waals surface area contributed by atoms with Crippen molar-refractivity contribution in [1.82, 2.24) is 16.0 Å². The lowest BCUT2D eigenvalue weighted by Crippen LogP contribution is -2.70. The molecular formula is C38H58N3O12P. The Morgan fingerprint density at radius 2 is 1.65 bits per heavy atom. The molecule has 6 rings (SSSR count). The van der Waals surface area contributed by atoms with Crippen LogP contribution in [-0.2, 0) is 47.2 Å². The molecule has 5 fully saturated rings. The largest absolute Gasteiger partial charge is 0.465 e. The Bertz CT molecular complexity index is 1520. The lowest BCUT2D eigenvalue weighted by molar-refractivity contribution is -0.577. The SMILES string of the molecule is CCOP(=O)(/C=C/[C@H](NC(=O)[C@H](CC(C)C)NC(=O)[C@H](CO[C@H]1O[C@@H]2O[C@@]3(C)CC[C@H]4[C@H](C)CC[C@@H]([C@H]1C)[C@@]24OO3)NC(=O)O)c1ccccc1)OCC. The molecule has 11 atom stereocenters. The van der Waals surface area contributed by atoms with Crippen LogP contribution in [0.5, 0.6) is 0 Å². The van der Waals surface area contributed by atoms with Crippen molar-refractivity contribution in [3.05, 3.63) is 47.8 Å². The predicted molar refractivity (Wildman–Crippen MR) is 196 cm³/mol. The van der Waals surface area contributed by atoms with Crippen molar-refractivity contribution < 1.29 is 57.1 Å². The molecule has 4 N–H and O–H groups in total. The second kappa shape index (κ2) is 17.9. The van der Waals surface area contributed by atoms with E-state index in [-0.39, 0.29) is 49.9 Å². The first-order valence-corrected chi connectivity index (χ1v) is 20.8. The number of amides is 3. The zero-order valence-corrected chi connectivity index (χ0v) is 33.3. The van der Waals surface area contributed by atoms with Gasteiger partial charge < -0.3 is 44.3 Å². The van der Waals surface area contributed by atoms with Gasteiger partial charge in [-0.2, -0.15) is 0 Å². The highest BCUT2D eigenvalue weighted by Crippen LogP contribution is 2.60. The van der Waals surface area contributed by atoms with Gasteiger partial charge in [0.25, 0.3) is 0 Å². The average Bonchev–Trinajstić information content (AvgIpc) is 3.35. The van der Waals surface area contributed by atoms with Gasteiger partial charge in [-0.3, -0.25) is 14.2 Å². The van der Waals surface area contributed by atoms with E-state index < -0.39 is 67.6 Å². The van der Waals surface area contributed by atoms with Gasteiger partial charge >= 0.3 is 13.7 Å². The Morgan fingerprint density at radius 1 is 0.963 bits per heavy atom. The molecule has 4 saturated heterocycles. The fourth-order valence-corrected chi connectivity index (χ4v) is 9.74. The third-order valence-corrected chi connectivity index (χ3v) is 12.8. The highest BCUT2D eigenvalue weighted by atomic mass is 31.2. The summed E-state index contributed by atoms with van der Waals surface area (Å²) >= 11 is 0. The third-order valence-electron chi connectivity index (χ3n) is 11.0. The summed E-state index contributed by atoms with van der Waals surface area (Å²) in [5.41, 5.74) is -0.120. The first kappa shape index (κ1) is 42.3. The number of hydrogen-bond donors (Lipinski definition) is 4. The molecule has 1 aliphatic carbocycles. The van der Waals surface area contributed by atoms with Crippen molar-refractivity contribution in [3.8, 4) is 0 Å². The molecule has 15 nitrogen and oxygen atoms in total. The zero-order valence-electron chi connectivity index (χ0n) is 32.4. The minimum atomic E-state index is -3.59. The quantitative estimate of drug-likeness (QED) is 0.107. The van der Waals surface area contributed by atoms with Gasteiger partial charge in [-0.05, 0) is 75.8 Å². The van der Waals surface area contributed by atoms with Crippen molar-refractivity contribution in [2.45, 2.75) is 123 Å². The molecule has 1 aromatic rings. The number of benzene rings is 1. The summed E-state index contributed by atoms with van der Waals surface area (Å²) in [7, 11) is -3.59. The van der Waals surface area contributed by atoms with E-state index in [1.807, 2.05) is 33.8 Å². The Hall–Kier alpha value is -2.88. The fraction of sp³-hybridized carbons (Fsp3) is 0.711. The lowest BCUT2D eigenvalue weighted by Gasteiger charge is -2.60. The number of hydrogen-bond acceptors (Lipinski definition) is 11. The van der Waals surface area contributed by atoms with Gasteiger partial charge in [-0.25, -0.2) is 14.6 Å². The molecule has 5 aliphatic rings. The van der Waals surface area contributed by atoms with E-state index >= 15 is 0 Å². The molecule has 4 aliphatic heterocycles. The zero-order chi connectivity index (χ0) is 39.3. The summed E-state index contributed by atoms with van der Waals surface area (Å²) in [5.74, 6) is -0.674. The minimum absolute atomic E-state index is 0.0289. The van der Waals surface area contributed by atoms with Crippen molar-refractivity contribution in [2.24, 2.45) is 29.6 Å². The topological polar surface area (TPSA) is 189 Å². The number of ether oxygens (including phenoxy) is 3. The molecule has 0 unspecified atom stereocenters. The van der Waals surface area contributed by atoms with Crippen LogP contribution in [0.1, 0.15) is 92.2 Å². The van der Waals surface area contributed by atoms with E-state index in [0.717, 1.165) is 19.3 Å². The van der Waals surface area contributed by atoms with E-state index in [2.05, 4.69) is 22.9 Å². The molecular weight excluding hydrogens is 721 g/mol. The summed E-state index contributed by atoms with van der Waals surface area (Å²) < 4.78 is 43.1. The first-order valence-electron chi connectivity index (χ1n) is 19.2. The van der Waals surface area contributed by atoms with Crippen LogP contribution in [0.4, 0.5) is 4.79 Å². The van der Waals surface area contributed by atoms with Gasteiger partial charge in [0.2, 0.25) is 17.6 Å². The van der Waals surface area contributed by atoms with Crippen LogP contribution in [0.3, 0.4) is 0 Å². The number of nitrogens with one attached hydrogen (secondary N) is 3. The van der Waals surface area contributed by atoms with Gasteiger partial charge in [-0.15, -0.1) is 0 Å². The van der Waals surface area contributed by atoms with Crippen LogP contribution in [-0.4, -0.2) is 78.9 Å². The Kier molecular flexibility index (Phi) is 14.0. The number of carbonyl (C=O) groups is 3. The van der Waals surface area contributed by atoms with E-state index in [1.165, 1.54) is 5.82 Å². The van der Waals surface area contributed by atoms with Gasteiger partial charge in [0.15, 0.2) is 18.2 Å². The van der Waals surface area contributed by atoms with Crippen LogP contribution in [0.15, 0.2) is 42.2 Å². The molecule has 302 valence electrons. The summed E-state index contributed by atoms with van der Waals surface area (Å²) in [6.07, 6.45) is 2.07. The summed E-state index contributed by atoms with van der Waals surface area (Å²) in [5, 5.41) is 17.7. The number of carbonyl (C=O) groups excluding carboxylic acids is 2. The van der Waals surface area contributed by atoms with Crippen molar-refractivity contribution in [2.75, 3.05) is 19.8 Å². The Labute approximate surface area is 318 Å². The summed E-state index contributed by atoms with van der Waals surface area (Å²) in [6, 6.07) is 5.85. The Balaban J connectivity index is 1.31. The first-order chi connectivity index (χ1) is 25.6. The second-order valence-corrected chi connectivity index (χ2v) is 17.3. The van der Waals surface area contributed by atoms with E-state index in [9.17, 15) is 24.1 Å². The summed E-state index contributed by atoms with van der Waals surface area (Å²) in [6.45, 7) is 13.2. The van der Waals surface area contributed by atoms with Crippen molar-refractivity contribution in [1.29, 1.82) is 0 Å². The maximum atomic E-state index is 13.9. The smallest absolute Gasteiger partial charge is 0.405 e. The molecule has 54 heavy (non-hydrogen) atoms. The van der Waals surface area contributed by atoms with E-state index in [0.29, 0.717) is 17.9 Å². The van der Waals surface area contributed by atoms with Crippen molar-refractivity contribution >= 4 is 25.5 Å². The van der Waals surface area contributed by atoms with Gasteiger partial charge in [0, 0.05) is 24.1 Å².